The zero-order valence-corrected chi connectivity index (χ0v) is 9.04. The van der Waals surface area contributed by atoms with Crippen LogP contribution in [0.25, 0.3) is 0 Å². The number of nitrogens with zero attached hydrogens (tertiary/aromatic N) is 2. The van der Waals surface area contributed by atoms with Crippen LogP contribution in [0.4, 0.5) is 11.6 Å². The highest BCUT2D eigenvalue weighted by atomic mass is 15.0. The lowest BCUT2D eigenvalue weighted by molar-refractivity contribution is 0.389. The van der Waals surface area contributed by atoms with Gasteiger partial charge in [-0.2, -0.15) is 0 Å². The number of hydrogen-bond donors (Lipinski definition) is 2. The monoisotopic (exact) mass is 194 g/mol. The molecule has 4 nitrogen and oxygen atoms in total. The number of aromatic nitrogens is 2. The first-order valence-corrected chi connectivity index (χ1v) is 4.79. The van der Waals surface area contributed by atoms with Gasteiger partial charge < -0.3 is 11.1 Å². The fourth-order valence-electron chi connectivity index (χ4n) is 1.03. The first kappa shape index (κ1) is 10.8. The zero-order chi connectivity index (χ0) is 10.6. The molecule has 0 spiro atoms. The van der Waals surface area contributed by atoms with Crippen molar-refractivity contribution in [3.63, 3.8) is 0 Å². The molecule has 1 rings (SSSR count). The Labute approximate surface area is 85.0 Å². The van der Waals surface area contributed by atoms with Gasteiger partial charge in [0.1, 0.15) is 18.0 Å². The number of nitrogens with one attached hydrogen (secondary N) is 1. The number of nitrogens with two attached hydrogens (primary N) is 1. The summed E-state index contributed by atoms with van der Waals surface area (Å²) in [7, 11) is 0. The molecule has 0 saturated heterocycles. The molecule has 14 heavy (non-hydrogen) atoms. The molecule has 0 aliphatic heterocycles. The summed E-state index contributed by atoms with van der Waals surface area (Å²) < 4.78 is 0. The average Bonchev–Trinajstić information content (AvgIpc) is 2.01. The van der Waals surface area contributed by atoms with Crippen molar-refractivity contribution in [1.82, 2.24) is 9.97 Å². The summed E-state index contributed by atoms with van der Waals surface area (Å²) in [6.45, 7) is 7.54. The Kier molecular flexibility index (Phi) is 3.28. The Hall–Kier alpha value is -1.32. The van der Waals surface area contributed by atoms with Crippen LogP contribution < -0.4 is 11.1 Å². The Morgan fingerprint density at radius 1 is 1.36 bits per heavy atom. The van der Waals surface area contributed by atoms with Gasteiger partial charge in [-0.1, -0.05) is 20.8 Å². The van der Waals surface area contributed by atoms with Crippen LogP contribution in [0.1, 0.15) is 27.2 Å². The quantitative estimate of drug-likeness (QED) is 0.771. The zero-order valence-electron chi connectivity index (χ0n) is 9.04. The lowest BCUT2D eigenvalue weighted by Crippen LogP contribution is -2.13. The molecule has 3 N–H and O–H groups in total. The van der Waals surface area contributed by atoms with E-state index < -0.39 is 0 Å². The molecule has 0 aliphatic carbocycles. The van der Waals surface area contributed by atoms with Crippen LogP contribution >= 0.6 is 0 Å². The molecule has 0 bridgehead atoms. The van der Waals surface area contributed by atoms with Crippen LogP contribution in [0.2, 0.25) is 0 Å². The highest BCUT2D eigenvalue weighted by Crippen LogP contribution is 2.18. The first-order valence-electron chi connectivity index (χ1n) is 4.79. The minimum Gasteiger partial charge on any atom is -0.384 e. The van der Waals surface area contributed by atoms with Crippen molar-refractivity contribution < 1.29 is 0 Å². The smallest absolute Gasteiger partial charge is 0.131 e. The normalized spacial score (nSPS) is 11.4. The molecule has 4 heteroatoms. The van der Waals surface area contributed by atoms with Gasteiger partial charge >= 0.3 is 0 Å². The minimum atomic E-state index is 0.339. The van der Waals surface area contributed by atoms with Crippen LogP contribution in [0, 0.1) is 5.41 Å². The van der Waals surface area contributed by atoms with Crippen molar-refractivity contribution in [1.29, 1.82) is 0 Å². The molecule has 0 aromatic carbocycles. The third kappa shape index (κ3) is 4.07. The van der Waals surface area contributed by atoms with Gasteiger partial charge in [-0.3, -0.25) is 0 Å². The number of rotatable bonds is 3. The first-order chi connectivity index (χ1) is 6.47. The van der Waals surface area contributed by atoms with Crippen molar-refractivity contribution in [2.75, 3.05) is 17.6 Å². The molecular formula is C10H18N4. The van der Waals surface area contributed by atoms with Crippen LogP contribution in [-0.2, 0) is 0 Å². The van der Waals surface area contributed by atoms with E-state index in [9.17, 15) is 0 Å². The summed E-state index contributed by atoms with van der Waals surface area (Å²) in [5.74, 6) is 1.29. The number of nitrogen functional groups attached to an aromatic ring is 1. The van der Waals surface area contributed by atoms with Crippen molar-refractivity contribution in [2.24, 2.45) is 5.41 Å². The van der Waals surface area contributed by atoms with E-state index in [0.29, 0.717) is 11.2 Å². The van der Waals surface area contributed by atoms with Gasteiger partial charge in [0.25, 0.3) is 0 Å². The summed E-state index contributed by atoms with van der Waals surface area (Å²) in [5, 5.41) is 3.21. The summed E-state index contributed by atoms with van der Waals surface area (Å²) >= 11 is 0. The highest BCUT2D eigenvalue weighted by Gasteiger charge is 2.08. The fourth-order valence-corrected chi connectivity index (χ4v) is 1.03. The van der Waals surface area contributed by atoms with Crippen LogP contribution in [0.15, 0.2) is 12.4 Å². The van der Waals surface area contributed by atoms with E-state index in [1.54, 1.807) is 6.07 Å². The van der Waals surface area contributed by atoms with E-state index in [-0.39, 0.29) is 0 Å². The second kappa shape index (κ2) is 4.26. The Bertz CT molecular complexity index is 290. The maximum atomic E-state index is 5.53. The standard InChI is InChI=1S/C10H18N4/c1-10(2,3)4-5-12-9-6-8(11)13-7-14-9/h6-7H,4-5H2,1-3H3,(H3,11,12,13,14). The maximum absolute atomic E-state index is 5.53. The molecule has 0 fully saturated rings. The van der Waals surface area contributed by atoms with E-state index in [1.165, 1.54) is 6.33 Å². The van der Waals surface area contributed by atoms with Gasteiger partial charge in [0.2, 0.25) is 0 Å². The largest absolute Gasteiger partial charge is 0.384 e. The van der Waals surface area contributed by atoms with Gasteiger partial charge in [0, 0.05) is 12.6 Å². The van der Waals surface area contributed by atoms with E-state index >= 15 is 0 Å². The predicted molar refractivity (Wildman–Crippen MR) is 59.0 cm³/mol. The van der Waals surface area contributed by atoms with E-state index in [0.717, 1.165) is 18.8 Å². The molecule has 0 radical (unpaired) electrons. The number of hydrogen-bond acceptors (Lipinski definition) is 4. The Balaban J connectivity index is 2.39. The summed E-state index contributed by atoms with van der Waals surface area (Å²) in [6, 6.07) is 1.74. The van der Waals surface area contributed by atoms with E-state index in [2.05, 4.69) is 36.1 Å². The number of anilines is 2. The second-order valence-electron chi connectivity index (χ2n) is 4.57. The SMILES string of the molecule is CC(C)(C)CCNc1cc(N)ncn1. The summed E-state index contributed by atoms with van der Waals surface area (Å²) in [6.07, 6.45) is 2.56. The lowest BCUT2D eigenvalue weighted by atomic mass is 9.92. The molecule has 1 heterocycles. The summed E-state index contributed by atoms with van der Waals surface area (Å²) in [4.78, 5) is 7.88. The van der Waals surface area contributed by atoms with Gasteiger partial charge in [0.05, 0.1) is 0 Å². The van der Waals surface area contributed by atoms with Crippen molar-refractivity contribution in [3.05, 3.63) is 12.4 Å². The summed E-state index contributed by atoms with van der Waals surface area (Å²) in [5.41, 5.74) is 5.86. The fraction of sp³-hybridized carbons (Fsp3) is 0.600. The van der Waals surface area contributed by atoms with Gasteiger partial charge in [-0.25, -0.2) is 9.97 Å². The molecule has 0 amide bonds. The van der Waals surface area contributed by atoms with Gasteiger partial charge in [-0.15, -0.1) is 0 Å². The van der Waals surface area contributed by atoms with Crippen LogP contribution in [-0.4, -0.2) is 16.5 Å². The Morgan fingerprint density at radius 2 is 2.07 bits per heavy atom. The van der Waals surface area contributed by atoms with Crippen LogP contribution in [0.3, 0.4) is 0 Å². The topological polar surface area (TPSA) is 63.8 Å². The highest BCUT2D eigenvalue weighted by molar-refractivity contribution is 5.43. The molecule has 1 aromatic rings. The maximum Gasteiger partial charge on any atom is 0.131 e. The Morgan fingerprint density at radius 3 is 2.64 bits per heavy atom. The van der Waals surface area contributed by atoms with Crippen LogP contribution in [0.5, 0.6) is 0 Å². The molecular weight excluding hydrogens is 176 g/mol. The van der Waals surface area contributed by atoms with Crippen molar-refractivity contribution >= 4 is 11.6 Å². The van der Waals surface area contributed by atoms with Gasteiger partial charge in [-0.05, 0) is 11.8 Å². The minimum absolute atomic E-state index is 0.339. The van der Waals surface area contributed by atoms with E-state index in [1.807, 2.05) is 0 Å². The molecule has 1 aromatic heterocycles. The third-order valence-electron chi connectivity index (χ3n) is 1.87. The van der Waals surface area contributed by atoms with Gasteiger partial charge in [0.15, 0.2) is 0 Å². The third-order valence-corrected chi connectivity index (χ3v) is 1.87. The second-order valence-corrected chi connectivity index (χ2v) is 4.57. The molecule has 0 saturated carbocycles. The van der Waals surface area contributed by atoms with Crippen molar-refractivity contribution in [2.45, 2.75) is 27.2 Å². The molecule has 78 valence electrons. The lowest BCUT2D eigenvalue weighted by Gasteiger charge is -2.18. The average molecular weight is 194 g/mol. The van der Waals surface area contributed by atoms with Crippen molar-refractivity contribution in [3.8, 4) is 0 Å². The molecule has 0 atom stereocenters. The van der Waals surface area contributed by atoms with E-state index in [4.69, 9.17) is 5.73 Å². The predicted octanol–water partition coefficient (Wildman–Crippen LogP) is 1.91. The molecule has 0 aliphatic rings. The molecule has 0 unspecified atom stereocenters.